The van der Waals surface area contributed by atoms with Gasteiger partial charge in [0.1, 0.15) is 5.82 Å². The number of nitrogens with one attached hydrogen (secondary N) is 1. The van der Waals surface area contributed by atoms with Gasteiger partial charge in [0.25, 0.3) is 0 Å². The zero-order valence-electron chi connectivity index (χ0n) is 11.4. The molecule has 0 saturated heterocycles. The van der Waals surface area contributed by atoms with Crippen LogP contribution in [0.1, 0.15) is 18.5 Å². The van der Waals surface area contributed by atoms with Crippen molar-refractivity contribution in [3.05, 3.63) is 66.2 Å². The first kappa shape index (κ1) is 12.5. The van der Waals surface area contributed by atoms with Gasteiger partial charge in [-0.05, 0) is 42.8 Å². The highest BCUT2D eigenvalue weighted by Crippen LogP contribution is 2.21. The highest BCUT2D eigenvalue weighted by atomic mass is 15.0. The quantitative estimate of drug-likeness (QED) is 0.702. The molecule has 0 spiro atoms. The fourth-order valence-corrected chi connectivity index (χ4v) is 2.24. The third-order valence-electron chi connectivity index (χ3n) is 3.40. The topological polar surface area (TPSA) is 50.9 Å². The molecule has 1 aromatic heterocycles. The molecule has 3 rings (SSSR count). The monoisotopic (exact) mass is 263 g/mol. The van der Waals surface area contributed by atoms with Gasteiger partial charge in [0.15, 0.2) is 0 Å². The maximum atomic E-state index is 5.71. The summed E-state index contributed by atoms with van der Waals surface area (Å²) in [5, 5.41) is 4.57. The molecule has 0 fully saturated rings. The van der Waals surface area contributed by atoms with Crippen molar-refractivity contribution in [1.29, 1.82) is 0 Å². The van der Waals surface area contributed by atoms with Crippen molar-refractivity contribution in [2.24, 2.45) is 0 Å². The summed E-state index contributed by atoms with van der Waals surface area (Å²) >= 11 is 0. The van der Waals surface area contributed by atoms with Crippen LogP contribution in [0.25, 0.3) is 10.9 Å². The lowest BCUT2D eigenvalue weighted by atomic mass is 10.1. The molecule has 20 heavy (non-hydrogen) atoms. The van der Waals surface area contributed by atoms with E-state index in [0.717, 1.165) is 22.4 Å². The molecule has 1 heterocycles. The van der Waals surface area contributed by atoms with Gasteiger partial charge in [0.2, 0.25) is 0 Å². The number of anilines is 2. The van der Waals surface area contributed by atoms with Crippen molar-refractivity contribution in [3.8, 4) is 0 Å². The van der Waals surface area contributed by atoms with E-state index in [1.165, 1.54) is 5.56 Å². The maximum absolute atomic E-state index is 5.71. The van der Waals surface area contributed by atoms with Gasteiger partial charge in [0, 0.05) is 17.1 Å². The summed E-state index contributed by atoms with van der Waals surface area (Å²) < 4.78 is 0. The van der Waals surface area contributed by atoms with E-state index >= 15 is 0 Å². The molecule has 3 aromatic rings. The van der Waals surface area contributed by atoms with Crippen LogP contribution in [0.4, 0.5) is 11.5 Å². The molecule has 3 N–H and O–H groups in total. The van der Waals surface area contributed by atoms with Crippen LogP contribution >= 0.6 is 0 Å². The number of hydrogen-bond donors (Lipinski definition) is 2. The zero-order chi connectivity index (χ0) is 13.9. The van der Waals surface area contributed by atoms with Gasteiger partial charge < -0.3 is 11.1 Å². The lowest BCUT2D eigenvalue weighted by molar-refractivity contribution is 0.877. The number of para-hydroxylation sites is 1. The molecular weight excluding hydrogens is 246 g/mol. The van der Waals surface area contributed by atoms with Crippen LogP contribution in [0.15, 0.2) is 60.7 Å². The van der Waals surface area contributed by atoms with Gasteiger partial charge >= 0.3 is 0 Å². The van der Waals surface area contributed by atoms with Crippen LogP contribution < -0.4 is 11.1 Å². The van der Waals surface area contributed by atoms with Crippen molar-refractivity contribution >= 4 is 22.4 Å². The van der Waals surface area contributed by atoms with E-state index in [1.54, 1.807) is 0 Å². The number of pyridine rings is 1. The molecule has 2 aromatic carbocycles. The van der Waals surface area contributed by atoms with E-state index in [9.17, 15) is 0 Å². The zero-order valence-corrected chi connectivity index (χ0v) is 11.4. The molecule has 3 heteroatoms. The minimum atomic E-state index is 0.185. The third kappa shape index (κ3) is 2.57. The number of nitrogens with two attached hydrogens (primary N) is 1. The third-order valence-corrected chi connectivity index (χ3v) is 3.40. The van der Waals surface area contributed by atoms with Gasteiger partial charge in [-0.25, -0.2) is 4.98 Å². The van der Waals surface area contributed by atoms with E-state index in [2.05, 4.69) is 29.4 Å². The van der Waals surface area contributed by atoms with Crippen molar-refractivity contribution in [3.63, 3.8) is 0 Å². The molecule has 0 aliphatic carbocycles. The SMILES string of the molecule is CC(Nc1ccc2ccccc2n1)c1ccc(N)cc1. The minimum Gasteiger partial charge on any atom is -0.399 e. The molecule has 0 radical (unpaired) electrons. The van der Waals surface area contributed by atoms with Gasteiger partial charge in [0.05, 0.1) is 5.52 Å². The Bertz CT molecular complexity index is 720. The number of aromatic nitrogens is 1. The minimum absolute atomic E-state index is 0.185. The summed E-state index contributed by atoms with van der Waals surface area (Å²) in [7, 11) is 0. The number of fused-ring (bicyclic) bond motifs is 1. The van der Waals surface area contributed by atoms with E-state index in [1.807, 2.05) is 48.5 Å². The summed E-state index contributed by atoms with van der Waals surface area (Å²) in [4.78, 5) is 4.62. The van der Waals surface area contributed by atoms with Gasteiger partial charge in [-0.1, -0.05) is 30.3 Å². The Balaban J connectivity index is 1.83. The summed E-state index contributed by atoms with van der Waals surface area (Å²) in [5.41, 5.74) is 8.68. The van der Waals surface area contributed by atoms with Crippen molar-refractivity contribution < 1.29 is 0 Å². The van der Waals surface area contributed by atoms with Crippen molar-refractivity contribution in [2.75, 3.05) is 11.1 Å². The van der Waals surface area contributed by atoms with Crippen LogP contribution in [-0.2, 0) is 0 Å². The molecule has 100 valence electrons. The number of benzene rings is 2. The van der Waals surface area contributed by atoms with E-state index < -0.39 is 0 Å². The molecule has 0 aliphatic rings. The Labute approximate surface area is 118 Å². The summed E-state index contributed by atoms with van der Waals surface area (Å²) in [5.74, 6) is 0.882. The Morgan fingerprint density at radius 3 is 2.50 bits per heavy atom. The predicted octanol–water partition coefficient (Wildman–Crippen LogP) is 3.99. The number of nitrogens with zero attached hydrogens (tertiary/aromatic N) is 1. The van der Waals surface area contributed by atoms with E-state index in [0.29, 0.717) is 0 Å². The Morgan fingerprint density at radius 1 is 0.950 bits per heavy atom. The Hall–Kier alpha value is -2.55. The Morgan fingerprint density at radius 2 is 1.70 bits per heavy atom. The highest BCUT2D eigenvalue weighted by Gasteiger charge is 2.06. The average molecular weight is 263 g/mol. The number of hydrogen-bond acceptors (Lipinski definition) is 3. The fourth-order valence-electron chi connectivity index (χ4n) is 2.24. The second kappa shape index (κ2) is 5.21. The predicted molar refractivity (Wildman–Crippen MR) is 84.6 cm³/mol. The second-order valence-electron chi connectivity index (χ2n) is 4.92. The molecule has 0 saturated carbocycles. The molecule has 0 aliphatic heterocycles. The number of rotatable bonds is 3. The summed E-state index contributed by atoms with van der Waals surface area (Å²) in [6, 6.07) is 20.3. The van der Waals surface area contributed by atoms with E-state index in [4.69, 9.17) is 5.73 Å². The van der Waals surface area contributed by atoms with Gasteiger partial charge in [-0.15, -0.1) is 0 Å². The van der Waals surface area contributed by atoms with Crippen LogP contribution in [0.3, 0.4) is 0 Å². The first-order valence-corrected chi connectivity index (χ1v) is 6.70. The van der Waals surface area contributed by atoms with Gasteiger partial charge in [-0.2, -0.15) is 0 Å². The highest BCUT2D eigenvalue weighted by molar-refractivity contribution is 5.80. The fraction of sp³-hybridized carbons (Fsp3) is 0.118. The summed E-state index contributed by atoms with van der Waals surface area (Å²) in [6.07, 6.45) is 0. The molecule has 1 unspecified atom stereocenters. The average Bonchev–Trinajstić information content (AvgIpc) is 2.48. The lowest BCUT2D eigenvalue weighted by Crippen LogP contribution is -2.07. The largest absolute Gasteiger partial charge is 0.399 e. The van der Waals surface area contributed by atoms with E-state index in [-0.39, 0.29) is 6.04 Å². The first-order valence-electron chi connectivity index (χ1n) is 6.70. The first-order chi connectivity index (χ1) is 9.72. The normalized spacial score (nSPS) is 12.2. The standard InChI is InChI=1S/C17H17N3/c1-12(13-6-9-15(18)10-7-13)19-17-11-8-14-4-2-3-5-16(14)20-17/h2-12H,18H2,1H3,(H,19,20). The lowest BCUT2D eigenvalue weighted by Gasteiger charge is -2.15. The number of nitrogen functional groups attached to an aromatic ring is 1. The molecule has 1 atom stereocenters. The molecular formula is C17H17N3. The molecule has 0 amide bonds. The Kier molecular flexibility index (Phi) is 3.25. The van der Waals surface area contributed by atoms with Crippen LogP contribution in [-0.4, -0.2) is 4.98 Å². The smallest absolute Gasteiger partial charge is 0.127 e. The van der Waals surface area contributed by atoms with Crippen molar-refractivity contribution in [1.82, 2.24) is 4.98 Å². The molecule has 0 bridgehead atoms. The maximum Gasteiger partial charge on any atom is 0.127 e. The van der Waals surface area contributed by atoms with Crippen LogP contribution in [0.2, 0.25) is 0 Å². The van der Waals surface area contributed by atoms with Crippen molar-refractivity contribution in [2.45, 2.75) is 13.0 Å². The van der Waals surface area contributed by atoms with Crippen LogP contribution in [0, 0.1) is 0 Å². The molecule has 3 nitrogen and oxygen atoms in total. The summed E-state index contributed by atoms with van der Waals surface area (Å²) in [6.45, 7) is 2.11. The van der Waals surface area contributed by atoms with Crippen LogP contribution in [0.5, 0.6) is 0 Å². The second-order valence-corrected chi connectivity index (χ2v) is 4.92. The van der Waals surface area contributed by atoms with Gasteiger partial charge in [-0.3, -0.25) is 0 Å².